The van der Waals surface area contributed by atoms with Crippen LogP contribution in [0.5, 0.6) is 0 Å². The van der Waals surface area contributed by atoms with Crippen molar-refractivity contribution in [1.29, 1.82) is 0 Å². The number of ketones is 1. The number of fused-ring (bicyclic) bond motifs is 1. The second kappa shape index (κ2) is 9.10. The third kappa shape index (κ3) is 5.15. The van der Waals surface area contributed by atoms with Gasteiger partial charge in [-0.25, -0.2) is 0 Å². The van der Waals surface area contributed by atoms with Crippen LogP contribution in [0.25, 0.3) is 0 Å². The fourth-order valence-corrected chi connectivity index (χ4v) is 5.99. The van der Waals surface area contributed by atoms with E-state index in [9.17, 15) is 20.1 Å². The molecule has 2 fully saturated rings. The molecule has 4 heteroatoms. The quantitative estimate of drug-likeness (QED) is 0.435. The van der Waals surface area contributed by atoms with E-state index >= 15 is 0 Å². The molecular weight excluding hydrogens is 376 g/mol. The van der Waals surface area contributed by atoms with Crippen LogP contribution in [-0.2, 0) is 4.79 Å². The van der Waals surface area contributed by atoms with Gasteiger partial charge in [-0.15, -0.1) is 0 Å². The van der Waals surface area contributed by atoms with Crippen LogP contribution < -0.4 is 0 Å². The van der Waals surface area contributed by atoms with Crippen molar-refractivity contribution in [1.82, 2.24) is 0 Å². The van der Waals surface area contributed by atoms with E-state index in [-0.39, 0.29) is 17.6 Å². The minimum Gasteiger partial charge on any atom is -0.393 e. The third-order valence-electron chi connectivity index (χ3n) is 7.64. The van der Waals surface area contributed by atoms with Crippen LogP contribution in [0.4, 0.5) is 0 Å². The van der Waals surface area contributed by atoms with Crippen LogP contribution in [0.3, 0.4) is 0 Å². The highest BCUT2D eigenvalue weighted by atomic mass is 16.3. The molecule has 0 heterocycles. The molecular formula is C26H40O4. The highest BCUT2D eigenvalue weighted by molar-refractivity contribution is 5.99. The lowest BCUT2D eigenvalue weighted by Crippen LogP contribution is -2.34. The van der Waals surface area contributed by atoms with Crippen molar-refractivity contribution in [3.05, 3.63) is 34.9 Å². The smallest absolute Gasteiger partial charge is 0.187 e. The first-order chi connectivity index (χ1) is 14.0. The van der Waals surface area contributed by atoms with Crippen molar-refractivity contribution >= 4 is 5.78 Å². The van der Waals surface area contributed by atoms with Gasteiger partial charge in [0.05, 0.1) is 11.7 Å². The zero-order chi connectivity index (χ0) is 22.1. The molecule has 0 aromatic carbocycles. The number of hydrogen-bond donors (Lipinski definition) is 3. The van der Waals surface area contributed by atoms with Crippen LogP contribution in [0.15, 0.2) is 34.9 Å². The van der Waals surface area contributed by atoms with E-state index < -0.39 is 17.8 Å². The molecule has 0 aromatic heterocycles. The van der Waals surface area contributed by atoms with Gasteiger partial charge in [0.1, 0.15) is 6.10 Å². The molecule has 0 amide bonds. The fraction of sp³-hybridized carbons (Fsp3) is 0.731. The Bertz CT molecular complexity index is 739. The average Bonchev–Trinajstić information content (AvgIpc) is 3.00. The second-order valence-electron chi connectivity index (χ2n) is 10.7. The molecule has 2 saturated carbocycles. The Morgan fingerprint density at radius 3 is 2.73 bits per heavy atom. The molecule has 30 heavy (non-hydrogen) atoms. The Balaban J connectivity index is 1.71. The van der Waals surface area contributed by atoms with Gasteiger partial charge in [-0.3, -0.25) is 4.79 Å². The van der Waals surface area contributed by atoms with Crippen LogP contribution >= 0.6 is 0 Å². The third-order valence-corrected chi connectivity index (χ3v) is 7.64. The predicted octanol–water partition coefficient (Wildman–Crippen LogP) is 4.64. The SMILES string of the molecule is CC(CCCC(C)(C)O)C1=CCC2/C(=C/C=C3/CC(O)CC(O)C3=O)CCCC12C. The standard InChI is InChI=1S/C26H40O4/c1-17(7-5-13-25(2,3)30)21-11-12-22-18(8-6-14-26(21,22)4)9-10-19-15-20(27)16-23(28)24(19)29/h9-11,17,20,22-23,27-28,30H,5-8,12-16H2,1-4H3/b18-9+,19-10-. The summed E-state index contributed by atoms with van der Waals surface area (Å²) in [5.41, 5.74) is 3.09. The number of rotatable bonds is 6. The average molecular weight is 417 g/mol. The number of Topliss-reactive ketones (excluding diaryl/α,β-unsaturated/α-hetero) is 1. The Labute approximate surface area is 181 Å². The summed E-state index contributed by atoms with van der Waals surface area (Å²) in [6, 6.07) is 0. The van der Waals surface area contributed by atoms with E-state index in [2.05, 4.69) is 26.0 Å². The number of aliphatic hydroxyl groups excluding tert-OH is 2. The Kier molecular flexibility index (Phi) is 7.11. The molecule has 3 aliphatic carbocycles. The molecule has 168 valence electrons. The van der Waals surface area contributed by atoms with Gasteiger partial charge in [-0.2, -0.15) is 0 Å². The molecule has 3 N–H and O–H groups in total. The van der Waals surface area contributed by atoms with Crippen LogP contribution in [0.2, 0.25) is 0 Å². The zero-order valence-corrected chi connectivity index (χ0v) is 19.2. The molecule has 0 spiro atoms. The molecule has 0 aromatic rings. The van der Waals surface area contributed by atoms with Gasteiger partial charge in [0.2, 0.25) is 0 Å². The highest BCUT2D eigenvalue weighted by Crippen LogP contribution is 2.57. The van der Waals surface area contributed by atoms with Gasteiger partial charge in [0.25, 0.3) is 0 Å². The summed E-state index contributed by atoms with van der Waals surface area (Å²) in [6.07, 6.45) is 12.6. The Morgan fingerprint density at radius 2 is 2.03 bits per heavy atom. The first-order valence-corrected chi connectivity index (χ1v) is 11.7. The summed E-state index contributed by atoms with van der Waals surface area (Å²) < 4.78 is 0. The Morgan fingerprint density at radius 1 is 1.30 bits per heavy atom. The maximum absolute atomic E-state index is 12.3. The molecule has 0 bridgehead atoms. The highest BCUT2D eigenvalue weighted by Gasteiger charge is 2.45. The van der Waals surface area contributed by atoms with Crippen LogP contribution in [0, 0.1) is 17.3 Å². The van der Waals surface area contributed by atoms with Crippen molar-refractivity contribution in [2.45, 2.75) is 103 Å². The van der Waals surface area contributed by atoms with Crippen molar-refractivity contribution in [2.24, 2.45) is 17.3 Å². The summed E-state index contributed by atoms with van der Waals surface area (Å²) in [5.74, 6) is 0.759. The normalized spacial score (nSPS) is 36.2. The largest absolute Gasteiger partial charge is 0.393 e. The van der Waals surface area contributed by atoms with E-state index in [0.29, 0.717) is 23.8 Å². The van der Waals surface area contributed by atoms with Gasteiger partial charge in [0, 0.05) is 18.4 Å². The summed E-state index contributed by atoms with van der Waals surface area (Å²) >= 11 is 0. The Hall–Kier alpha value is -1.23. The van der Waals surface area contributed by atoms with E-state index in [1.165, 1.54) is 12.0 Å². The maximum Gasteiger partial charge on any atom is 0.187 e. The molecule has 0 radical (unpaired) electrons. The van der Waals surface area contributed by atoms with Crippen LogP contribution in [-0.4, -0.2) is 38.9 Å². The number of carbonyl (C=O) groups excluding carboxylic acids is 1. The topological polar surface area (TPSA) is 77.8 Å². The minimum atomic E-state index is -1.07. The molecule has 3 rings (SSSR count). The fourth-order valence-electron chi connectivity index (χ4n) is 5.99. The van der Waals surface area contributed by atoms with Gasteiger partial charge in [-0.1, -0.05) is 49.6 Å². The second-order valence-corrected chi connectivity index (χ2v) is 10.7. The number of carbonyl (C=O) groups is 1. The monoisotopic (exact) mass is 416 g/mol. The lowest BCUT2D eigenvalue weighted by Gasteiger charge is -2.42. The molecule has 3 aliphatic rings. The van der Waals surface area contributed by atoms with Crippen molar-refractivity contribution in [2.75, 3.05) is 0 Å². The van der Waals surface area contributed by atoms with E-state index in [0.717, 1.165) is 38.5 Å². The molecule has 4 nitrogen and oxygen atoms in total. The predicted molar refractivity (Wildman–Crippen MR) is 120 cm³/mol. The van der Waals surface area contributed by atoms with Gasteiger partial charge in [0.15, 0.2) is 5.78 Å². The van der Waals surface area contributed by atoms with E-state index in [1.54, 1.807) is 5.57 Å². The number of aliphatic hydroxyl groups is 3. The summed E-state index contributed by atoms with van der Waals surface area (Å²) in [5, 5.41) is 29.8. The molecule has 5 unspecified atom stereocenters. The molecule has 0 saturated heterocycles. The lowest BCUT2D eigenvalue weighted by molar-refractivity contribution is -0.127. The van der Waals surface area contributed by atoms with Crippen molar-refractivity contribution in [3.8, 4) is 0 Å². The van der Waals surface area contributed by atoms with Crippen molar-refractivity contribution in [3.63, 3.8) is 0 Å². The molecule has 0 aliphatic heterocycles. The van der Waals surface area contributed by atoms with Gasteiger partial charge < -0.3 is 15.3 Å². The lowest BCUT2D eigenvalue weighted by atomic mass is 9.62. The summed E-state index contributed by atoms with van der Waals surface area (Å²) in [6.45, 7) is 8.49. The summed E-state index contributed by atoms with van der Waals surface area (Å²) in [4.78, 5) is 12.3. The number of allylic oxidation sites excluding steroid dienone is 5. The number of hydrogen-bond acceptors (Lipinski definition) is 4. The van der Waals surface area contributed by atoms with E-state index in [4.69, 9.17) is 0 Å². The maximum atomic E-state index is 12.3. The summed E-state index contributed by atoms with van der Waals surface area (Å²) in [7, 11) is 0. The van der Waals surface area contributed by atoms with Gasteiger partial charge >= 0.3 is 0 Å². The first-order valence-electron chi connectivity index (χ1n) is 11.7. The van der Waals surface area contributed by atoms with Crippen molar-refractivity contribution < 1.29 is 20.1 Å². The zero-order valence-electron chi connectivity index (χ0n) is 19.2. The first kappa shape index (κ1) is 23.4. The van der Waals surface area contributed by atoms with Gasteiger partial charge in [-0.05, 0) is 69.6 Å². The van der Waals surface area contributed by atoms with E-state index in [1.807, 2.05) is 19.9 Å². The minimum absolute atomic E-state index is 0.145. The molecule has 5 atom stereocenters. The van der Waals surface area contributed by atoms with Crippen LogP contribution in [0.1, 0.15) is 85.5 Å².